The first kappa shape index (κ1) is 12.3. The van der Waals surface area contributed by atoms with Gasteiger partial charge in [0.15, 0.2) is 11.6 Å². The summed E-state index contributed by atoms with van der Waals surface area (Å²) in [4.78, 5) is 24.9. The highest BCUT2D eigenvalue weighted by atomic mass is 79.9. The fraction of sp³-hybridized carbons (Fsp3) is 0.125. The Morgan fingerprint density at radius 2 is 1.42 bits per heavy atom. The number of ketones is 2. The van der Waals surface area contributed by atoms with E-state index >= 15 is 0 Å². The lowest BCUT2D eigenvalue weighted by atomic mass is 9.83. The Morgan fingerprint density at radius 3 is 2.05 bits per heavy atom. The predicted molar refractivity (Wildman–Crippen MR) is 76.8 cm³/mol. The van der Waals surface area contributed by atoms with Gasteiger partial charge in [-0.05, 0) is 36.2 Å². The maximum absolute atomic E-state index is 12.5. The Hall–Kier alpha value is -1.74. The summed E-state index contributed by atoms with van der Waals surface area (Å²) in [6.45, 7) is 2.03. The molecule has 0 atom stereocenters. The summed E-state index contributed by atoms with van der Waals surface area (Å²) in [5.41, 5.74) is 3.08. The molecule has 1 aliphatic carbocycles. The van der Waals surface area contributed by atoms with Crippen molar-refractivity contribution in [3.05, 3.63) is 68.7 Å². The predicted octanol–water partition coefficient (Wildman–Crippen LogP) is 3.79. The number of benzene rings is 2. The second-order valence-electron chi connectivity index (χ2n) is 4.58. The molecule has 0 heterocycles. The summed E-state index contributed by atoms with van der Waals surface area (Å²) in [6.07, 6.45) is 0.849. The van der Waals surface area contributed by atoms with E-state index in [-0.39, 0.29) is 11.6 Å². The summed E-state index contributed by atoms with van der Waals surface area (Å²) >= 11 is 3.34. The van der Waals surface area contributed by atoms with Crippen LogP contribution in [0.1, 0.15) is 44.3 Å². The minimum Gasteiger partial charge on any atom is -0.289 e. The zero-order chi connectivity index (χ0) is 13.6. The van der Waals surface area contributed by atoms with E-state index in [2.05, 4.69) is 15.9 Å². The monoisotopic (exact) mass is 314 g/mol. The maximum atomic E-state index is 12.5. The van der Waals surface area contributed by atoms with E-state index in [1.54, 1.807) is 24.3 Å². The van der Waals surface area contributed by atoms with Crippen LogP contribution in [0, 0.1) is 0 Å². The van der Waals surface area contributed by atoms with E-state index in [9.17, 15) is 9.59 Å². The van der Waals surface area contributed by atoms with Gasteiger partial charge in [-0.2, -0.15) is 0 Å². The number of carbonyl (C=O) groups excluding carboxylic acids is 2. The number of hydrogen-bond acceptors (Lipinski definition) is 2. The quantitative estimate of drug-likeness (QED) is 0.685. The molecule has 0 aliphatic heterocycles. The lowest BCUT2D eigenvalue weighted by Gasteiger charge is -2.18. The number of halogens is 1. The van der Waals surface area contributed by atoms with Crippen molar-refractivity contribution in [2.75, 3.05) is 0 Å². The maximum Gasteiger partial charge on any atom is 0.194 e. The third kappa shape index (κ3) is 1.85. The average Bonchev–Trinajstić information content (AvgIpc) is 2.44. The molecule has 0 aromatic heterocycles. The van der Waals surface area contributed by atoms with Gasteiger partial charge in [-0.1, -0.05) is 35.0 Å². The van der Waals surface area contributed by atoms with E-state index < -0.39 is 0 Å². The first-order valence-electron chi connectivity index (χ1n) is 6.13. The fourth-order valence-electron chi connectivity index (χ4n) is 2.39. The molecule has 19 heavy (non-hydrogen) atoms. The lowest BCUT2D eigenvalue weighted by molar-refractivity contribution is 0.0979. The smallest absolute Gasteiger partial charge is 0.194 e. The lowest BCUT2D eigenvalue weighted by Crippen LogP contribution is -2.21. The van der Waals surface area contributed by atoms with Crippen molar-refractivity contribution in [1.29, 1.82) is 0 Å². The summed E-state index contributed by atoms with van der Waals surface area (Å²) in [5.74, 6) is -0.138. The van der Waals surface area contributed by atoms with Crippen molar-refractivity contribution in [2.24, 2.45) is 0 Å². The molecule has 1 aliphatic rings. The molecule has 0 radical (unpaired) electrons. The first-order valence-corrected chi connectivity index (χ1v) is 6.93. The van der Waals surface area contributed by atoms with Gasteiger partial charge >= 0.3 is 0 Å². The molecule has 0 spiro atoms. The number of aryl methyl sites for hydroxylation is 1. The van der Waals surface area contributed by atoms with E-state index in [0.717, 1.165) is 16.5 Å². The number of rotatable bonds is 1. The molecule has 3 heteroatoms. The third-order valence-electron chi connectivity index (χ3n) is 3.45. The summed E-state index contributed by atoms with van der Waals surface area (Å²) in [5, 5.41) is 0. The van der Waals surface area contributed by atoms with Gasteiger partial charge in [0.2, 0.25) is 0 Å². The van der Waals surface area contributed by atoms with Crippen LogP contribution in [0.5, 0.6) is 0 Å². The van der Waals surface area contributed by atoms with E-state index in [1.165, 1.54) is 0 Å². The molecule has 0 unspecified atom stereocenters. The molecule has 2 aromatic rings. The van der Waals surface area contributed by atoms with Crippen LogP contribution in [-0.4, -0.2) is 11.6 Å². The van der Waals surface area contributed by atoms with Crippen LogP contribution in [0.25, 0.3) is 0 Å². The van der Waals surface area contributed by atoms with Crippen LogP contribution in [0.4, 0.5) is 0 Å². The molecule has 2 aromatic carbocycles. The third-order valence-corrected chi connectivity index (χ3v) is 3.95. The Labute approximate surface area is 119 Å². The second kappa shape index (κ2) is 4.42. The molecule has 94 valence electrons. The van der Waals surface area contributed by atoms with Crippen LogP contribution < -0.4 is 0 Å². The largest absolute Gasteiger partial charge is 0.289 e. The summed E-state index contributed by atoms with van der Waals surface area (Å²) in [7, 11) is 0. The molecule has 3 rings (SSSR count). The molecular weight excluding hydrogens is 304 g/mol. The summed E-state index contributed by atoms with van der Waals surface area (Å²) < 4.78 is 0.807. The Balaban J connectivity index is 2.26. The van der Waals surface area contributed by atoms with Gasteiger partial charge in [0.25, 0.3) is 0 Å². The highest BCUT2D eigenvalue weighted by molar-refractivity contribution is 9.10. The van der Waals surface area contributed by atoms with E-state index in [4.69, 9.17) is 0 Å². The van der Waals surface area contributed by atoms with Crippen LogP contribution in [-0.2, 0) is 6.42 Å². The van der Waals surface area contributed by atoms with Crippen molar-refractivity contribution in [1.82, 2.24) is 0 Å². The number of hydrogen-bond donors (Lipinski definition) is 0. The fourth-order valence-corrected chi connectivity index (χ4v) is 2.75. The second-order valence-corrected chi connectivity index (χ2v) is 5.50. The van der Waals surface area contributed by atoms with Crippen molar-refractivity contribution >= 4 is 27.5 Å². The minimum absolute atomic E-state index is 0.0626. The highest BCUT2D eigenvalue weighted by Gasteiger charge is 2.29. The molecule has 0 amide bonds. The Kier molecular flexibility index (Phi) is 2.86. The van der Waals surface area contributed by atoms with Crippen molar-refractivity contribution in [3.8, 4) is 0 Å². The van der Waals surface area contributed by atoms with Gasteiger partial charge < -0.3 is 0 Å². The van der Waals surface area contributed by atoms with Gasteiger partial charge in [-0.15, -0.1) is 0 Å². The van der Waals surface area contributed by atoms with Crippen LogP contribution in [0.15, 0.2) is 40.9 Å². The molecule has 0 bridgehead atoms. The molecular formula is C16H11BrO2. The normalized spacial score (nSPS) is 13.2. The van der Waals surface area contributed by atoms with Crippen LogP contribution >= 0.6 is 15.9 Å². The topological polar surface area (TPSA) is 34.1 Å². The Bertz CT molecular complexity index is 717. The average molecular weight is 315 g/mol. The van der Waals surface area contributed by atoms with Crippen LogP contribution in [0.3, 0.4) is 0 Å². The van der Waals surface area contributed by atoms with E-state index in [1.807, 2.05) is 19.1 Å². The molecule has 0 saturated heterocycles. The standard InChI is InChI=1S/C16H11BrO2/c1-2-9-3-5-11-13(7-9)15(18)12-6-4-10(17)8-14(12)16(11)19/h3-8H,2H2,1H3. The van der Waals surface area contributed by atoms with Gasteiger partial charge in [0, 0.05) is 26.7 Å². The van der Waals surface area contributed by atoms with Gasteiger partial charge in [0.1, 0.15) is 0 Å². The highest BCUT2D eigenvalue weighted by Crippen LogP contribution is 2.29. The molecule has 2 nitrogen and oxygen atoms in total. The zero-order valence-corrected chi connectivity index (χ0v) is 12.0. The number of fused-ring (bicyclic) bond motifs is 2. The Morgan fingerprint density at radius 1 is 0.842 bits per heavy atom. The molecule has 0 fully saturated rings. The van der Waals surface area contributed by atoms with Gasteiger partial charge in [-0.25, -0.2) is 0 Å². The molecule has 0 N–H and O–H groups in total. The minimum atomic E-state index is -0.0754. The van der Waals surface area contributed by atoms with Crippen molar-refractivity contribution in [3.63, 3.8) is 0 Å². The van der Waals surface area contributed by atoms with E-state index in [0.29, 0.717) is 22.3 Å². The molecule has 0 saturated carbocycles. The van der Waals surface area contributed by atoms with Gasteiger partial charge in [-0.3, -0.25) is 9.59 Å². The van der Waals surface area contributed by atoms with Gasteiger partial charge in [0.05, 0.1) is 0 Å². The van der Waals surface area contributed by atoms with Crippen molar-refractivity contribution in [2.45, 2.75) is 13.3 Å². The first-order chi connectivity index (χ1) is 9.11. The number of carbonyl (C=O) groups is 2. The summed E-state index contributed by atoms with van der Waals surface area (Å²) in [6, 6.07) is 10.7. The van der Waals surface area contributed by atoms with Crippen LogP contribution in [0.2, 0.25) is 0 Å². The van der Waals surface area contributed by atoms with Crippen molar-refractivity contribution < 1.29 is 9.59 Å². The SMILES string of the molecule is CCc1ccc2c(c1)C(=O)c1ccc(Br)cc1C2=O. The zero-order valence-electron chi connectivity index (χ0n) is 10.4.